The number of carbonyl (C=O) groups excluding carboxylic acids is 1. The maximum Gasteiger partial charge on any atom is 0.243 e. The maximum atomic E-state index is 12.2. The minimum atomic E-state index is -0.653. The van der Waals surface area contributed by atoms with Crippen LogP contribution in [0.3, 0.4) is 0 Å². The van der Waals surface area contributed by atoms with E-state index in [9.17, 15) is 4.79 Å². The second-order valence-electron chi connectivity index (χ2n) is 5.14. The normalized spacial score (nSPS) is 22.6. The topological polar surface area (TPSA) is 44.1 Å². The Labute approximate surface area is 96.7 Å². The highest BCUT2D eigenvalue weighted by Crippen LogP contribution is 2.46. The molecule has 0 aromatic carbocycles. The quantitative estimate of drug-likeness (QED) is 0.666. The first-order chi connectivity index (χ1) is 7.59. The van der Waals surface area contributed by atoms with Gasteiger partial charge < -0.3 is 4.90 Å². The van der Waals surface area contributed by atoms with E-state index in [0.29, 0.717) is 5.92 Å². The van der Waals surface area contributed by atoms with Gasteiger partial charge in [-0.2, -0.15) is 5.26 Å². The summed E-state index contributed by atoms with van der Waals surface area (Å²) in [6.07, 6.45) is 4.67. The second-order valence-corrected chi connectivity index (χ2v) is 5.14. The Morgan fingerprint density at radius 2 is 2.25 bits per heavy atom. The summed E-state index contributed by atoms with van der Waals surface area (Å²) < 4.78 is 0. The Morgan fingerprint density at radius 3 is 2.75 bits per heavy atom. The lowest BCUT2D eigenvalue weighted by Crippen LogP contribution is -2.41. The van der Waals surface area contributed by atoms with E-state index in [1.165, 1.54) is 5.57 Å². The highest BCUT2D eigenvalue weighted by atomic mass is 16.2. The molecular weight excluding hydrogens is 200 g/mol. The van der Waals surface area contributed by atoms with Gasteiger partial charge in [0, 0.05) is 13.1 Å². The first-order valence-corrected chi connectivity index (χ1v) is 5.98. The maximum absolute atomic E-state index is 12.2. The van der Waals surface area contributed by atoms with Gasteiger partial charge in [-0.05, 0) is 25.2 Å². The summed E-state index contributed by atoms with van der Waals surface area (Å²) >= 11 is 0. The van der Waals surface area contributed by atoms with Crippen LogP contribution in [0.4, 0.5) is 0 Å². The molecule has 0 aromatic rings. The average Bonchev–Trinajstić information content (AvgIpc) is 3.09. The van der Waals surface area contributed by atoms with Crippen LogP contribution in [0, 0.1) is 22.7 Å². The first kappa shape index (κ1) is 11.2. The van der Waals surface area contributed by atoms with Crippen LogP contribution < -0.4 is 0 Å². The zero-order chi connectivity index (χ0) is 11.8. The number of rotatable bonds is 2. The molecule has 0 atom stereocenters. The van der Waals surface area contributed by atoms with Crippen molar-refractivity contribution in [3.63, 3.8) is 0 Å². The molecule has 3 nitrogen and oxygen atoms in total. The van der Waals surface area contributed by atoms with Gasteiger partial charge in [0.1, 0.15) is 5.41 Å². The lowest BCUT2D eigenvalue weighted by molar-refractivity contribution is -0.134. The highest BCUT2D eigenvalue weighted by Gasteiger charge is 2.52. The number of nitriles is 1. The van der Waals surface area contributed by atoms with Crippen molar-refractivity contribution in [2.45, 2.75) is 33.1 Å². The predicted octanol–water partition coefficient (Wildman–Crippen LogP) is 2.10. The fraction of sp³-hybridized carbons (Fsp3) is 0.692. The van der Waals surface area contributed by atoms with E-state index in [1.807, 2.05) is 4.90 Å². The number of amides is 1. The predicted molar refractivity (Wildman–Crippen MR) is 61.4 cm³/mol. The van der Waals surface area contributed by atoms with Crippen LogP contribution in [0.15, 0.2) is 11.6 Å². The Balaban J connectivity index is 2.05. The standard InChI is InChI=1S/C13H18N2O/c1-10(2)11-4-3-7-15(8-11)12(16)13(9-14)5-6-13/h4,10H,3,5-8H2,1-2H3. The van der Waals surface area contributed by atoms with Crippen molar-refractivity contribution < 1.29 is 4.79 Å². The molecule has 2 aliphatic rings. The number of carbonyl (C=O) groups is 1. The van der Waals surface area contributed by atoms with Gasteiger partial charge in [-0.3, -0.25) is 4.79 Å². The molecule has 0 saturated heterocycles. The Morgan fingerprint density at radius 1 is 1.56 bits per heavy atom. The monoisotopic (exact) mass is 218 g/mol. The molecule has 0 aromatic heterocycles. The zero-order valence-electron chi connectivity index (χ0n) is 9.99. The first-order valence-electron chi connectivity index (χ1n) is 5.98. The molecule has 1 aliphatic heterocycles. The van der Waals surface area contributed by atoms with E-state index in [4.69, 9.17) is 5.26 Å². The lowest BCUT2D eigenvalue weighted by atomic mass is 9.97. The van der Waals surface area contributed by atoms with Crippen LogP contribution in [-0.2, 0) is 4.79 Å². The van der Waals surface area contributed by atoms with E-state index < -0.39 is 5.41 Å². The zero-order valence-corrected chi connectivity index (χ0v) is 9.99. The third kappa shape index (κ3) is 1.84. The van der Waals surface area contributed by atoms with Crippen molar-refractivity contribution in [2.75, 3.05) is 13.1 Å². The lowest BCUT2D eigenvalue weighted by Gasteiger charge is -2.30. The van der Waals surface area contributed by atoms with Gasteiger partial charge in [0.05, 0.1) is 6.07 Å². The van der Waals surface area contributed by atoms with Gasteiger partial charge in [0.15, 0.2) is 0 Å². The van der Waals surface area contributed by atoms with Gasteiger partial charge >= 0.3 is 0 Å². The smallest absolute Gasteiger partial charge is 0.243 e. The fourth-order valence-corrected chi connectivity index (χ4v) is 2.16. The summed E-state index contributed by atoms with van der Waals surface area (Å²) in [7, 11) is 0. The van der Waals surface area contributed by atoms with Crippen LogP contribution in [0.25, 0.3) is 0 Å². The van der Waals surface area contributed by atoms with Gasteiger partial charge in [0.2, 0.25) is 5.91 Å². The SMILES string of the molecule is CC(C)C1=CCCN(C(=O)C2(C#N)CC2)C1. The van der Waals surface area contributed by atoms with Crippen LogP contribution in [0.5, 0.6) is 0 Å². The molecule has 1 amide bonds. The second kappa shape index (κ2) is 3.93. The van der Waals surface area contributed by atoms with Gasteiger partial charge in [0.25, 0.3) is 0 Å². The Kier molecular flexibility index (Phi) is 2.75. The van der Waals surface area contributed by atoms with Crippen molar-refractivity contribution in [1.82, 2.24) is 4.90 Å². The summed E-state index contributed by atoms with van der Waals surface area (Å²) in [5.74, 6) is 0.550. The molecule has 0 bridgehead atoms. The molecule has 0 spiro atoms. The number of hydrogen-bond donors (Lipinski definition) is 0. The fourth-order valence-electron chi connectivity index (χ4n) is 2.16. The van der Waals surface area contributed by atoms with Gasteiger partial charge in [-0.25, -0.2) is 0 Å². The third-order valence-electron chi connectivity index (χ3n) is 3.58. The summed E-state index contributed by atoms with van der Waals surface area (Å²) in [5, 5.41) is 9.02. The number of nitrogens with zero attached hydrogens (tertiary/aromatic N) is 2. The van der Waals surface area contributed by atoms with Crippen molar-refractivity contribution in [3.05, 3.63) is 11.6 Å². The summed E-state index contributed by atoms with van der Waals surface area (Å²) in [5.41, 5.74) is 0.674. The van der Waals surface area contributed by atoms with Crippen LogP contribution in [-0.4, -0.2) is 23.9 Å². The largest absolute Gasteiger partial charge is 0.337 e. The van der Waals surface area contributed by atoms with E-state index in [1.54, 1.807) is 0 Å². The van der Waals surface area contributed by atoms with Gasteiger partial charge in [-0.15, -0.1) is 0 Å². The van der Waals surface area contributed by atoms with E-state index in [2.05, 4.69) is 26.0 Å². The molecule has 0 N–H and O–H groups in total. The molecule has 86 valence electrons. The minimum Gasteiger partial charge on any atom is -0.337 e. The molecule has 0 radical (unpaired) electrons. The van der Waals surface area contributed by atoms with Crippen molar-refractivity contribution >= 4 is 5.91 Å². The summed E-state index contributed by atoms with van der Waals surface area (Å²) in [4.78, 5) is 14.0. The summed E-state index contributed by atoms with van der Waals surface area (Å²) in [6.45, 7) is 5.80. The molecule has 1 fully saturated rings. The average molecular weight is 218 g/mol. The molecule has 3 heteroatoms. The van der Waals surface area contributed by atoms with Crippen LogP contribution >= 0.6 is 0 Å². The van der Waals surface area contributed by atoms with Crippen LogP contribution in [0.2, 0.25) is 0 Å². The minimum absolute atomic E-state index is 0.0567. The molecule has 2 rings (SSSR count). The van der Waals surface area contributed by atoms with Crippen molar-refractivity contribution in [1.29, 1.82) is 5.26 Å². The van der Waals surface area contributed by atoms with E-state index in [-0.39, 0.29) is 5.91 Å². The van der Waals surface area contributed by atoms with Gasteiger partial charge in [-0.1, -0.05) is 25.5 Å². The van der Waals surface area contributed by atoms with E-state index >= 15 is 0 Å². The molecule has 1 aliphatic carbocycles. The van der Waals surface area contributed by atoms with E-state index in [0.717, 1.165) is 32.4 Å². The Bertz CT molecular complexity index is 372. The third-order valence-corrected chi connectivity index (χ3v) is 3.58. The van der Waals surface area contributed by atoms with Crippen LogP contribution in [0.1, 0.15) is 33.1 Å². The Hall–Kier alpha value is -1.30. The van der Waals surface area contributed by atoms with Crippen molar-refractivity contribution in [3.8, 4) is 6.07 Å². The molecule has 1 heterocycles. The molecule has 16 heavy (non-hydrogen) atoms. The summed E-state index contributed by atoms with van der Waals surface area (Å²) in [6, 6.07) is 2.18. The molecular formula is C13H18N2O. The molecule has 0 unspecified atom stereocenters. The molecule has 1 saturated carbocycles. The highest BCUT2D eigenvalue weighted by molar-refractivity contribution is 5.88. The van der Waals surface area contributed by atoms with Crippen molar-refractivity contribution in [2.24, 2.45) is 11.3 Å². The number of hydrogen-bond acceptors (Lipinski definition) is 2.